The number of nitrogens with one attached hydrogen (secondary N) is 1. The van der Waals surface area contributed by atoms with Crippen LogP contribution in [0, 0.1) is 5.92 Å². The number of methoxy groups -OCH3 is 2. The van der Waals surface area contributed by atoms with Crippen molar-refractivity contribution in [1.29, 1.82) is 0 Å². The third-order valence-electron chi connectivity index (χ3n) is 11.9. The summed E-state index contributed by atoms with van der Waals surface area (Å²) >= 11 is 0. The van der Waals surface area contributed by atoms with Crippen LogP contribution in [0.4, 0.5) is 5.82 Å². The van der Waals surface area contributed by atoms with Crippen molar-refractivity contribution in [2.45, 2.75) is 57.8 Å². The molecule has 292 valence electrons. The number of aryl methyl sites for hydroxylation is 1. The van der Waals surface area contributed by atoms with Gasteiger partial charge in [-0.25, -0.2) is 4.98 Å². The minimum absolute atomic E-state index is 0.0984. The first-order chi connectivity index (χ1) is 26.9. The third kappa shape index (κ3) is 6.70. The zero-order valence-electron chi connectivity index (χ0n) is 32.5. The van der Waals surface area contributed by atoms with Crippen molar-refractivity contribution < 1.29 is 28.7 Å². The van der Waals surface area contributed by atoms with Crippen LogP contribution in [0.1, 0.15) is 69.5 Å². The zero-order valence-corrected chi connectivity index (χ0v) is 32.5. The van der Waals surface area contributed by atoms with E-state index in [1.54, 1.807) is 32.0 Å². The molecule has 4 amide bonds. The number of carbonyl (C=O) groups is 4. The third-order valence-corrected chi connectivity index (χ3v) is 11.9. The number of hydrogen-bond donors (Lipinski definition) is 1. The molecule has 4 aliphatic heterocycles. The summed E-state index contributed by atoms with van der Waals surface area (Å²) in [6, 6.07) is 8.70. The number of hydrogen-bond acceptors (Lipinski definition) is 11. The van der Waals surface area contributed by atoms with E-state index in [1.807, 2.05) is 55.5 Å². The highest BCUT2D eigenvalue weighted by molar-refractivity contribution is 6.23. The van der Waals surface area contributed by atoms with Crippen molar-refractivity contribution in [2.75, 3.05) is 52.8 Å². The molecule has 6 heterocycles. The molecule has 0 aliphatic carbocycles. The number of benzene rings is 2. The summed E-state index contributed by atoms with van der Waals surface area (Å²) in [5.41, 5.74) is 5.42. The highest BCUT2D eigenvalue weighted by Crippen LogP contribution is 2.39. The fourth-order valence-corrected chi connectivity index (χ4v) is 8.74. The Morgan fingerprint density at radius 2 is 1.46 bits per heavy atom. The average molecular weight is 762 g/mol. The van der Waals surface area contributed by atoms with E-state index >= 15 is 0 Å². The van der Waals surface area contributed by atoms with E-state index in [0.29, 0.717) is 42.1 Å². The van der Waals surface area contributed by atoms with Gasteiger partial charge in [-0.2, -0.15) is 0 Å². The van der Waals surface area contributed by atoms with E-state index < -0.39 is 23.8 Å². The lowest BCUT2D eigenvalue weighted by Crippen LogP contribution is -2.54. The molecule has 56 heavy (non-hydrogen) atoms. The van der Waals surface area contributed by atoms with E-state index in [2.05, 4.69) is 20.1 Å². The Morgan fingerprint density at radius 3 is 2.05 bits per heavy atom. The van der Waals surface area contributed by atoms with E-state index in [9.17, 15) is 24.0 Å². The molecule has 4 aromatic rings. The minimum Gasteiger partial charge on any atom is -0.496 e. The second-order valence-corrected chi connectivity index (χ2v) is 15.6. The number of imide groups is 2. The first-order valence-corrected chi connectivity index (χ1v) is 19.2. The fraction of sp³-hybridized carbons (Fsp3) is 0.429. The second kappa shape index (κ2) is 14.8. The lowest BCUT2D eigenvalue weighted by Gasteiger charge is -2.33. The maximum absolute atomic E-state index is 13.3. The van der Waals surface area contributed by atoms with Gasteiger partial charge in [0.1, 0.15) is 23.4 Å². The summed E-state index contributed by atoms with van der Waals surface area (Å²) in [5.74, 6) is 0.893. The summed E-state index contributed by atoms with van der Waals surface area (Å²) < 4.78 is 13.5. The van der Waals surface area contributed by atoms with Gasteiger partial charge in [0.15, 0.2) is 0 Å². The molecule has 8 rings (SSSR count). The molecule has 0 radical (unpaired) electrons. The van der Waals surface area contributed by atoms with Crippen LogP contribution in [-0.4, -0.2) is 102 Å². The summed E-state index contributed by atoms with van der Waals surface area (Å²) in [6.45, 7) is 4.92. The number of anilines is 1. The Labute approximate surface area is 325 Å². The van der Waals surface area contributed by atoms with Gasteiger partial charge in [0.05, 0.1) is 36.3 Å². The molecule has 0 saturated carbocycles. The molecule has 2 aromatic carbocycles. The SMILES string of the molecule is COc1cc(-c2cn(C)c(=O)c3cnc(N(C)C)cc23)cc(OC)c1CN1CCC(CCN2Cc3cc4c(cc3C2)C(=O)N(C2CCC(=O)NC2=O)C4=O)CC1. The molecule has 2 fully saturated rings. The summed E-state index contributed by atoms with van der Waals surface area (Å²) in [5, 5.41) is 3.62. The van der Waals surface area contributed by atoms with Crippen LogP contribution in [0.2, 0.25) is 0 Å². The van der Waals surface area contributed by atoms with Gasteiger partial charge in [-0.1, -0.05) is 0 Å². The van der Waals surface area contributed by atoms with Crippen LogP contribution in [0.3, 0.4) is 0 Å². The lowest BCUT2D eigenvalue weighted by molar-refractivity contribution is -0.136. The van der Waals surface area contributed by atoms with Crippen molar-refractivity contribution in [3.8, 4) is 22.6 Å². The fourth-order valence-electron chi connectivity index (χ4n) is 8.74. The molecule has 1 unspecified atom stereocenters. The van der Waals surface area contributed by atoms with Crippen molar-refractivity contribution in [1.82, 2.24) is 29.6 Å². The molecule has 2 aromatic heterocycles. The minimum atomic E-state index is -0.961. The first-order valence-electron chi connectivity index (χ1n) is 19.2. The van der Waals surface area contributed by atoms with Crippen LogP contribution in [0.5, 0.6) is 11.5 Å². The second-order valence-electron chi connectivity index (χ2n) is 15.6. The molecule has 4 aliphatic rings. The predicted octanol–water partition coefficient (Wildman–Crippen LogP) is 3.70. The molecular weight excluding hydrogens is 715 g/mol. The van der Waals surface area contributed by atoms with E-state index in [4.69, 9.17) is 9.47 Å². The van der Waals surface area contributed by atoms with Crippen molar-refractivity contribution in [2.24, 2.45) is 13.0 Å². The first kappa shape index (κ1) is 37.3. The number of rotatable bonds is 10. The maximum Gasteiger partial charge on any atom is 0.262 e. The van der Waals surface area contributed by atoms with Crippen LogP contribution in [0.25, 0.3) is 21.9 Å². The lowest BCUT2D eigenvalue weighted by atomic mass is 9.92. The Morgan fingerprint density at radius 1 is 0.821 bits per heavy atom. The number of nitrogens with zero attached hydrogens (tertiary/aromatic N) is 6. The number of ether oxygens (including phenoxy) is 2. The largest absolute Gasteiger partial charge is 0.496 e. The van der Waals surface area contributed by atoms with Crippen LogP contribution >= 0.6 is 0 Å². The van der Waals surface area contributed by atoms with Crippen molar-refractivity contribution >= 4 is 40.2 Å². The highest BCUT2D eigenvalue weighted by Gasteiger charge is 2.45. The maximum atomic E-state index is 13.3. The Bertz CT molecular complexity index is 2280. The number of aromatic nitrogens is 2. The molecule has 2 saturated heterocycles. The number of pyridine rings is 2. The molecular formula is C42H47N7O7. The molecule has 0 bridgehead atoms. The van der Waals surface area contributed by atoms with E-state index in [0.717, 1.165) is 94.3 Å². The monoisotopic (exact) mass is 761 g/mol. The molecule has 1 atom stereocenters. The van der Waals surface area contributed by atoms with Crippen molar-refractivity contribution in [3.05, 3.63) is 80.9 Å². The summed E-state index contributed by atoms with van der Waals surface area (Å²) in [4.78, 5) is 76.0. The summed E-state index contributed by atoms with van der Waals surface area (Å²) in [6.07, 6.45) is 6.95. The van der Waals surface area contributed by atoms with Crippen LogP contribution in [0.15, 0.2) is 47.5 Å². The van der Waals surface area contributed by atoms with Gasteiger partial charge in [-0.3, -0.25) is 44.0 Å². The molecule has 14 heteroatoms. The number of amides is 4. The molecule has 14 nitrogen and oxygen atoms in total. The Balaban J connectivity index is 0.893. The Kier molecular flexibility index (Phi) is 9.87. The van der Waals surface area contributed by atoms with Crippen LogP contribution < -0.4 is 25.2 Å². The number of likely N-dealkylation sites (tertiary alicyclic amines) is 1. The quantitative estimate of drug-likeness (QED) is 0.236. The van der Waals surface area contributed by atoms with Crippen LogP contribution in [-0.2, 0) is 36.3 Å². The van der Waals surface area contributed by atoms with E-state index in [-0.39, 0.29) is 24.3 Å². The van der Waals surface area contributed by atoms with Gasteiger partial charge in [0.25, 0.3) is 17.4 Å². The van der Waals surface area contributed by atoms with Gasteiger partial charge < -0.3 is 18.9 Å². The standard InChI is InChI=1S/C42H47N7O7/c1-45(2)37-18-28-31(19-43-37)40(52)46(3)22-32(28)25-16-35(55-4)33(36(17-25)56-5)23-47-11-8-24(9-12-47)10-13-48-20-26-14-29-30(15-27(26)21-48)42(54)49(41(29)53)34-6-7-38(50)44-39(34)51/h14-19,22,24,34H,6-13,20-21,23H2,1-5H3,(H,44,50,51). The van der Waals surface area contributed by atoms with E-state index in [1.165, 1.54) is 0 Å². The summed E-state index contributed by atoms with van der Waals surface area (Å²) in [7, 11) is 8.96. The average Bonchev–Trinajstić information content (AvgIpc) is 3.70. The molecule has 1 N–H and O–H groups in total. The number of piperidine rings is 2. The van der Waals surface area contributed by atoms with Gasteiger partial charge in [-0.05, 0) is 98.3 Å². The normalized spacial score (nSPS) is 19.1. The Hall–Kier alpha value is -5.60. The van der Waals surface area contributed by atoms with Gasteiger partial charge in [0, 0.05) is 70.5 Å². The number of carbonyl (C=O) groups excluding carboxylic acids is 4. The predicted molar refractivity (Wildman–Crippen MR) is 210 cm³/mol. The smallest absolute Gasteiger partial charge is 0.262 e. The van der Waals surface area contributed by atoms with Gasteiger partial charge >= 0.3 is 0 Å². The van der Waals surface area contributed by atoms with Gasteiger partial charge in [0.2, 0.25) is 11.8 Å². The van der Waals surface area contributed by atoms with Gasteiger partial charge in [-0.15, -0.1) is 0 Å². The topological polar surface area (TPSA) is 147 Å². The zero-order chi connectivity index (χ0) is 39.4. The number of fused-ring (bicyclic) bond motifs is 3. The highest BCUT2D eigenvalue weighted by atomic mass is 16.5. The molecule has 0 spiro atoms. The van der Waals surface area contributed by atoms with Crippen molar-refractivity contribution in [3.63, 3.8) is 0 Å².